The Morgan fingerprint density at radius 3 is 2.64 bits per heavy atom. The number of hydrogen-bond donors (Lipinski definition) is 0. The van der Waals surface area contributed by atoms with Gasteiger partial charge in [-0.05, 0) is 25.1 Å². The molecule has 1 aromatic heterocycles. The molecule has 0 amide bonds. The van der Waals surface area contributed by atoms with Crippen molar-refractivity contribution in [1.82, 2.24) is 9.88 Å². The number of rotatable bonds is 4. The summed E-state index contributed by atoms with van der Waals surface area (Å²) in [5.74, 6) is 0. The lowest BCUT2D eigenvalue weighted by Gasteiger charge is -2.36. The van der Waals surface area contributed by atoms with Gasteiger partial charge in [0.2, 0.25) is 0 Å². The maximum absolute atomic E-state index is 11.2. The molecule has 1 aliphatic heterocycles. The van der Waals surface area contributed by atoms with E-state index in [2.05, 4.69) is 21.7 Å². The Morgan fingerprint density at radius 1 is 1.18 bits per heavy atom. The van der Waals surface area contributed by atoms with E-state index in [0.29, 0.717) is 5.39 Å². The van der Waals surface area contributed by atoms with Gasteiger partial charge in [-0.2, -0.15) is 0 Å². The fourth-order valence-electron chi connectivity index (χ4n) is 3.12. The molecule has 1 saturated heterocycles. The fraction of sp³-hybridized carbons (Fsp3) is 0.438. The van der Waals surface area contributed by atoms with Crippen molar-refractivity contribution >= 4 is 22.1 Å². The SMILES string of the molecule is CCCN1CCN(c2ccc([N+](=O)[O-])c3cnccc23)CC1. The molecule has 2 aromatic rings. The van der Waals surface area contributed by atoms with Crippen LogP contribution in [0.15, 0.2) is 30.6 Å². The minimum Gasteiger partial charge on any atom is -0.368 e. The summed E-state index contributed by atoms with van der Waals surface area (Å²) in [5.41, 5.74) is 1.19. The van der Waals surface area contributed by atoms with Crippen LogP contribution in [-0.2, 0) is 0 Å². The molecule has 2 heterocycles. The van der Waals surface area contributed by atoms with E-state index in [1.807, 2.05) is 12.1 Å². The average Bonchev–Trinajstić information content (AvgIpc) is 2.55. The lowest BCUT2D eigenvalue weighted by molar-refractivity contribution is -0.383. The zero-order valence-corrected chi connectivity index (χ0v) is 12.7. The molecule has 22 heavy (non-hydrogen) atoms. The van der Waals surface area contributed by atoms with Crippen LogP contribution in [0.3, 0.4) is 0 Å². The van der Waals surface area contributed by atoms with Crippen molar-refractivity contribution in [1.29, 1.82) is 0 Å². The van der Waals surface area contributed by atoms with Crippen LogP contribution in [0.25, 0.3) is 10.8 Å². The number of non-ortho nitro benzene ring substituents is 1. The van der Waals surface area contributed by atoms with Crippen molar-refractivity contribution in [2.75, 3.05) is 37.6 Å². The molecule has 0 N–H and O–H groups in total. The summed E-state index contributed by atoms with van der Waals surface area (Å²) in [6.45, 7) is 7.32. The predicted octanol–water partition coefficient (Wildman–Crippen LogP) is 2.68. The van der Waals surface area contributed by atoms with E-state index >= 15 is 0 Å². The van der Waals surface area contributed by atoms with Crippen molar-refractivity contribution in [3.8, 4) is 0 Å². The molecule has 6 heteroatoms. The summed E-state index contributed by atoms with van der Waals surface area (Å²) < 4.78 is 0. The molecular formula is C16H20N4O2. The Bertz CT molecular complexity index is 681. The number of pyridine rings is 1. The third-order valence-corrected chi connectivity index (χ3v) is 4.22. The Hall–Kier alpha value is -2.21. The van der Waals surface area contributed by atoms with Crippen LogP contribution in [-0.4, -0.2) is 47.5 Å². The molecular weight excluding hydrogens is 280 g/mol. The second kappa shape index (κ2) is 6.27. The number of nitro benzene ring substituents is 1. The van der Waals surface area contributed by atoms with Gasteiger partial charge in [0.25, 0.3) is 5.69 Å². The highest BCUT2D eigenvalue weighted by Gasteiger charge is 2.21. The van der Waals surface area contributed by atoms with Crippen LogP contribution in [0.4, 0.5) is 11.4 Å². The molecule has 3 rings (SSSR count). The van der Waals surface area contributed by atoms with Crippen molar-refractivity contribution in [3.05, 3.63) is 40.7 Å². The van der Waals surface area contributed by atoms with Gasteiger partial charge < -0.3 is 4.90 Å². The van der Waals surface area contributed by atoms with E-state index in [1.54, 1.807) is 18.5 Å². The van der Waals surface area contributed by atoms with E-state index in [9.17, 15) is 10.1 Å². The summed E-state index contributed by atoms with van der Waals surface area (Å²) in [4.78, 5) is 19.7. The Labute approximate surface area is 129 Å². The number of piperazine rings is 1. The van der Waals surface area contributed by atoms with Gasteiger partial charge in [-0.15, -0.1) is 0 Å². The summed E-state index contributed by atoms with van der Waals surface area (Å²) in [5, 5.41) is 12.7. The zero-order valence-electron chi connectivity index (χ0n) is 12.7. The van der Waals surface area contributed by atoms with E-state index in [4.69, 9.17) is 0 Å². The minimum atomic E-state index is -0.340. The second-order valence-corrected chi connectivity index (χ2v) is 5.61. The number of anilines is 1. The first-order valence-corrected chi connectivity index (χ1v) is 7.69. The highest BCUT2D eigenvalue weighted by molar-refractivity contribution is 5.99. The van der Waals surface area contributed by atoms with Gasteiger partial charge >= 0.3 is 0 Å². The van der Waals surface area contributed by atoms with E-state index in [1.165, 1.54) is 6.42 Å². The average molecular weight is 300 g/mol. The molecule has 0 saturated carbocycles. The van der Waals surface area contributed by atoms with Gasteiger partial charge in [0.1, 0.15) is 0 Å². The Morgan fingerprint density at radius 2 is 1.95 bits per heavy atom. The molecule has 0 atom stereocenters. The van der Waals surface area contributed by atoms with Gasteiger partial charge in [-0.3, -0.25) is 20.0 Å². The smallest absolute Gasteiger partial charge is 0.278 e. The molecule has 1 fully saturated rings. The largest absolute Gasteiger partial charge is 0.368 e. The molecule has 0 bridgehead atoms. The van der Waals surface area contributed by atoms with E-state index < -0.39 is 0 Å². The van der Waals surface area contributed by atoms with Gasteiger partial charge in [-0.1, -0.05) is 6.92 Å². The maximum atomic E-state index is 11.2. The van der Waals surface area contributed by atoms with Crippen LogP contribution in [0.5, 0.6) is 0 Å². The van der Waals surface area contributed by atoms with Crippen molar-refractivity contribution in [2.45, 2.75) is 13.3 Å². The monoisotopic (exact) mass is 300 g/mol. The number of aromatic nitrogens is 1. The summed E-state index contributed by atoms with van der Waals surface area (Å²) in [7, 11) is 0. The number of hydrogen-bond acceptors (Lipinski definition) is 5. The van der Waals surface area contributed by atoms with E-state index in [-0.39, 0.29) is 10.6 Å². The molecule has 0 radical (unpaired) electrons. The first-order valence-electron chi connectivity index (χ1n) is 7.69. The van der Waals surface area contributed by atoms with Crippen LogP contribution >= 0.6 is 0 Å². The Balaban J connectivity index is 1.92. The van der Waals surface area contributed by atoms with Gasteiger partial charge in [0.05, 0.1) is 10.3 Å². The van der Waals surface area contributed by atoms with Crippen molar-refractivity contribution in [2.24, 2.45) is 0 Å². The molecule has 0 aliphatic carbocycles. The number of nitrogens with zero attached hydrogens (tertiary/aromatic N) is 4. The maximum Gasteiger partial charge on any atom is 0.278 e. The molecule has 0 unspecified atom stereocenters. The van der Waals surface area contributed by atoms with Crippen LogP contribution in [0.1, 0.15) is 13.3 Å². The van der Waals surface area contributed by atoms with Gasteiger partial charge in [0, 0.05) is 55.7 Å². The number of benzene rings is 1. The predicted molar refractivity (Wildman–Crippen MR) is 87.3 cm³/mol. The lowest BCUT2D eigenvalue weighted by atomic mass is 10.1. The third-order valence-electron chi connectivity index (χ3n) is 4.22. The Kier molecular flexibility index (Phi) is 4.20. The molecule has 6 nitrogen and oxygen atoms in total. The van der Waals surface area contributed by atoms with Crippen LogP contribution < -0.4 is 4.90 Å². The summed E-state index contributed by atoms with van der Waals surface area (Å²) in [6.07, 6.45) is 4.46. The molecule has 1 aromatic carbocycles. The molecule has 1 aliphatic rings. The van der Waals surface area contributed by atoms with Gasteiger partial charge in [0.15, 0.2) is 0 Å². The number of fused-ring (bicyclic) bond motifs is 1. The van der Waals surface area contributed by atoms with Crippen LogP contribution in [0.2, 0.25) is 0 Å². The highest BCUT2D eigenvalue weighted by Crippen LogP contribution is 2.33. The van der Waals surface area contributed by atoms with Crippen molar-refractivity contribution < 1.29 is 4.92 Å². The first-order chi connectivity index (χ1) is 10.7. The second-order valence-electron chi connectivity index (χ2n) is 5.61. The van der Waals surface area contributed by atoms with Gasteiger partial charge in [-0.25, -0.2) is 0 Å². The fourth-order valence-corrected chi connectivity index (χ4v) is 3.12. The lowest BCUT2D eigenvalue weighted by Crippen LogP contribution is -2.46. The zero-order chi connectivity index (χ0) is 15.5. The number of nitro groups is 1. The quantitative estimate of drug-likeness (QED) is 0.641. The third kappa shape index (κ3) is 2.74. The normalized spacial score (nSPS) is 16.1. The highest BCUT2D eigenvalue weighted by atomic mass is 16.6. The summed E-state index contributed by atoms with van der Waals surface area (Å²) in [6, 6.07) is 5.34. The minimum absolute atomic E-state index is 0.122. The van der Waals surface area contributed by atoms with Crippen molar-refractivity contribution in [3.63, 3.8) is 0 Å². The van der Waals surface area contributed by atoms with E-state index in [0.717, 1.165) is 43.8 Å². The van der Waals surface area contributed by atoms with Crippen LogP contribution in [0, 0.1) is 10.1 Å². The summed E-state index contributed by atoms with van der Waals surface area (Å²) >= 11 is 0. The topological polar surface area (TPSA) is 62.5 Å². The molecule has 0 spiro atoms. The first kappa shape index (κ1) is 14.7. The molecule has 116 valence electrons. The standard InChI is InChI=1S/C16H20N4O2/c1-2-7-18-8-10-19(11-9-18)15-3-4-16(20(21)22)14-12-17-6-5-13(14)15/h3-6,12H,2,7-11H2,1H3.